The number of hydrogen-bond acceptors (Lipinski definition) is 3. The van der Waals surface area contributed by atoms with E-state index in [1.807, 2.05) is 13.0 Å². The lowest BCUT2D eigenvalue weighted by Gasteiger charge is -2.12. The standard InChI is InChI=1S/C11H16FNOS/c1-8(7-14)15-11-5-3-4-10(12)9(11)6-13-2/h3-5,8,13-14H,6-7H2,1-2H3. The summed E-state index contributed by atoms with van der Waals surface area (Å²) >= 11 is 1.49. The Labute approximate surface area is 93.9 Å². The molecular weight excluding hydrogens is 213 g/mol. The third-order valence-corrected chi connectivity index (χ3v) is 3.20. The third-order valence-electron chi connectivity index (χ3n) is 2.01. The van der Waals surface area contributed by atoms with E-state index in [1.54, 1.807) is 13.1 Å². The number of thioether (sulfide) groups is 1. The summed E-state index contributed by atoms with van der Waals surface area (Å²) in [5, 5.41) is 12.0. The minimum Gasteiger partial charge on any atom is -0.395 e. The Morgan fingerprint density at radius 3 is 2.87 bits per heavy atom. The van der Waals surface area contributed by atoms with Gasteiger partial charge in [-0.15, -0.1) is 11.8 Å². The van der Waals surface area contributed by atoms with Crippen molar-refractivity contribution in [2.45, 2.75) is 23.6 Å². The van der Waals surface area contributed by atoms with E-state index < -0.39 is 0 Å². The van der Waals surface area contributed by atoms with Crippen molar-refractivity contribution in [1.82, 2.24) is 5.32 Å². The van der Waals surface area contributed by atoms with Gasteiger partial charge in [0.15, 0.2) is 0 Å². The number of rotatable bonds is 5. The minimum absolute atomic E-state index is 0.0856. The Morgan fingerprint density at radius 2 is 2.27 bits per heavy atom. The molecule has 0 aliphatic carbocycles. The molecule has 0 radical (unpaired) electrons. The lowest BCUT2D eigenvalue weighted by Crippen LogP contribution is -2.10. The smallest absolute Gasteiger partial charge is 0.128 e. The summed E-state index contributed by atoms with van der Waals surface area (Å²) < 4.78 is 13.5. The van der Waals surface area contributed by atoms with Crippen molar-refractivity contribution in [1.29, 1.82) is 0 Å². The first-order valence-electron chi connectivity index (χ1n) is 4.88. The molecule has 0 aliphatic rings. The molecule has 1 aromatic carbocycles. The number of aliphatic hydroxyl groups excluding tert-OH is 1. The highest BCUT2D eigenvalue weighted by atomic mass is 32.2. The second-order valence-electron chi connectivity index (χ2n) is 3.36. The van der Waals surface area contributed by atoms with E-state index in [0.29, 0.717) is 12.1 Å². The normalized spacial score (nSPS) is 12.8. The van der Waals surface area contributed by atoms with E-state index in [9.17, 15) is 4.39 Å². The molecule has 1 rings (SSSR count). The van der Waals surface area contributed by atoms with Crippen LogP contribution in [-0.4, -0.2) is 24.0 Å². The molecule has 0 amide bonds. The zero-order chi connectivity index (χ0) is 11.3. The fraction of sp³-hybridized carbons (Fsp3) is 0.455. The molecule has 0 heterocycles. The van der Waals surface area contributed by atoms with Crippen LogP contribution in [-0.2, 0) is 6.54 Å². The molecule has 0 saturated heterocycles. The van der Waals surface area contributed by atoms with E-state index in [2.05, 4.69) is 5.32 Å². The zero-order valence-electron chi connectivity index (χ0n) is 8.96. The van der Waals surface area contributed by atoms with E-state index in [-0.39, 0.29) is 17.7 Å². The summed E-state index contributed by atoms with van der Waals surface area (Å²) in [6.07, 6.45) is 0. The SMILES string of the molecule is CNCc1c(F)cccc1SC(C)CO. The largest absolute Gasteiger partial charge is 0.395 e. The fourth-order valence-corrected chi connectivity index (χ4v) is 2.23. The Hall–Kier alpha value is -0.580. The Bertz CT molecular complexity index is 319. The summed E-state index contributed by atoms with van der Waals surface area (Å²) in [5.74, 6) is -0.195. The van der Waals surface area contributed by atoms with Gasteiger partial charge in [0.05, 0.1) is 6.61 Å². The van der Waals surface area contributed by atoms with Gasteiger partial charge in [0.1, 0.15) is 5.82 Å². The van der Waals surface area contributed by atoms with Crippen LogP contribution in [0.5, 0.6) is 0 Å². The number of aliphatic hydroxyl groups is 1. The van der Waals surface area contributed by atoms with Crippen LogP contribution in [0.2, 0.25) is 0 Å². The van der Waals surface area contributed by atoms with Gasteiger partial charge in [0, 0.05) is 22.3 Å². The average molecular weight is 229 g/mol. The summed E-state index contributed by atoms with van der Waals surface area (Å²) in [7, 11) is 1.79. The maximum Gasteiger partial charge on any atom is 0.128 e. The molecule has 4 heteroatoms. The predicted molar refractivity (Wildman–Crippen MR) is 61.6 cm³/mol. The number of halogens is 1. The van der Waals surface area contributed by atoms with E-state index in [4.69, 9.17) is 5.11 Å². The second kappa shape index (κ2) is 6.10. The highest BCUT2D eigenvalue weighted by Gasteiger charge is 2.10. The maximum absolute atomic E-state index is 13.5. The highest BCUT2D eigenvalue weighted by molar-refractivity contribution is 8.00. The first-order chi connectivity index (χ1) is 7.19. The minimum atomic E-state index is -0.195. The first-order valence-corrected chi connectivity index (χ1v) is 5.76. The van der Waals surface area contributed by atoms with Crippen LogP contribution in [0.4, 0.5) is 4.39 Å². The van der Waals surface area contributed by atoms with Crippen molar-refractivity contribution in [3.8, 4) is 0 Å². The molecule has 0 fully saturated rings. The van der Waals surface area contributed by atoms with Gasteiger partial charge < -0.3 is 10.4 Å². The Balaban J connectivity index is 2.89. The van der Waals surface area contributed by atoms with Crippen LogP contribution in [0.3, 0.4) is 0 Å². The van der Waals surface area contributed by atoms with Crippen LogP contribution >= 0.6 is 11.8 Å². The monoisotopic (exact) mass is 229 g/mol. The van der Waals surface area contributed by atoms with Crippen LogP contribution in [0.25, 0.3) is 0 Å². The molecule has 1 atom stereocenters. The molecular formula is C11H16FNOS. The molecule has 0 spiro atoms. The molecule has 84 valence electrons. The molecule has 2 nitrogen and oxygen atoms in total. The predicted octanol–water partition coefficient (Wildman–Crippen LogP) is 2.02. The van der Waals surface area contributed by atoms with Gasteiger partial charge in [-0.3, -0.25) is 0 Å². The van der Waals surface area contributed by atoms with Crippen molar-refractivity contribution in [2.24, 2.45) is 0 Å². The van der Waals surface area contributed by atoms with Gasteiger partial charge in [-0.05, 0) is 19.2 Å². The lowest BCUT2D eigenvalue weighted by atomic mass is 10.2. The Morgan fingerprint density at radius 1 is 1.53 bits per heavy atom. The maximum atomic E-state index is 13.5. The molecule has 1 aromatic rings. The summed E-state index contributed by atoms with van der Waals surface area (Å²) in [4.78, 5) is 0.894. The van der Waals surface area contributed by atoms with E-state index >= 15 is 0 Å². The van der Waals surface area contributed by atoms with Crippen molar-refractivity contribution in [3.05, 3.63) is 29.6 Å². The molecule has 0 bridgehead atoms. The molecule has 0 aliphatic heterocycles. The number of nitrogens with one attached hydrogen (secondary N) is 1. The topological polar surface area (TPSA) is 32.3 Å². The van der Waals surface area contributed by atoms with Gasteiger partial charge in [-0.2, -0.15) is 0 Å². The number of benzene rings is 1. The molecule has 1 unspecified atom stereocenters. The van der Waals surface area contributed by atoms with Crippen molar-refractivity contribution in [3.63, 3.8) is 0 Å². The molecule has 0 saturated carbocycles. The van der Waals surface area contributed by atoms with Gasteiger partial charge >= 0.3 is 0 Å². The summed E-state index contributed by atoms with van der Waals surface area (Å²) in [6, 6.07) is 5.04. The van der Waals surface area contributed by atoms with Gasteiger partial charge in [-0.25, -0.2) is 4.39 Å². The van der Waals surface area contributed by atoms with Crippen LogP contribution in [0.1, 0.15) is 12.5 Å². The van der Waals surface area contributed by atoms with Crippen molar-refractivity contribution >= 4 is 11.8 Å². The first kappa shape index (κ1) is 12.5. The van der Waals surface area contributed by atoms with Crippen LogP contribution < -0.4 is 5.32 Å². The lowest BCUT2D eigenvalue weighted by molar-refractivity contribution is 0.300. The molecule has 2 N–H and O–H groups in total. The average Bonchev–Trinajstić information content (AvgIpc) is 2.23. The van der Waals surface area contributed by atoms with E-state index in [1.165, 1.54) is 17.8 Å². The summed E-state index contributed by atoms with van der Waals surface area (Å²) in [5.41, 5.74) is 0.672. The van der Waals surface area contributed by atoms with Gasteiger partial charge in [-0.1, -0.05) is 13.0 Å². The van der Waals surface area contributed by atoms with Crippen LogP contribution in [0, 0.1) is 5.82 Å². The quantitative estimate of drug-likeness (QED) is 0.758. The fourth-order valence-electron chi connectivity index (χ4n) is 1.25. The van der Waals surface area contributed by atoms with Gasteiger partial charge in [0.2, 0.25) is 0 Å². The van der Waals surface area contributed by atoms with E-state index in [0.717, 1.165) is 4.90 Å². The van der Waals surface area contributed by atoms with Gasteiger partial charge in [0.25, 0.3) is 0 Å². The molecule has 15 heavy (non-hydrogen) atoms. The number of hydrogen-bond donors (Lipinski definition) is 2. The zero-order valence-corrected chi connectivity index (χ0v) is 9.77. The van der Waals surface area contributed by atoms with Crippen molar-refractivity contribution in [2.75, 3.05) is 13.7 Å². The van der Waals surface area contributed by atoms with Crippen molar-refractivity contribution < 1.29 is 9.50 Å². The molecule has 0 aromatic heterocycles. The Kier molecular flexibility index (Phi) is 5.08. The second-order valence-corrected chi connectivity index (χ2v) is 4.84. The highest BCUT2D eigenvalue weighted by Crippen LogP contribution is 2.28. The third kappa shape index (κ3) is 3.48. The summed E-state index contributed by atoms with van der Waals surface area (Å²) in [6.45, 7) is 2.52. The van der Waals surface area contributed by atoms with Crippen LogP contribution in [0.15, 0.2) is 23.1 Å².